The van der Waals surface area contributed by atoms with E-state index in [0.717, 1.165) is 42.9 Å². The van der Waals surface area contributed by atoms with Crippen molar-refractivity contribution in [2.24, 2.45) is 11.7 Å². The fourth-order valence-electron chi connectivity index (χ4n) is 6.94. The molecule has 3 N–H and O–H groups in total. The van der Waals surface area contributed by atoms with Crippen molar-refractivity contribution < 1.29 is 14.6 Å². The molecule has 0 amide bonds. The van der Waals surface area contributed by atoms with Crippen LogP contribution in [0.1, 0.15) is 44.7 Å². The van der Waals surface area contributed by atoms with Gasteiger partial charge in [-0.25, -0.2) is 0 Å². The molecule has 0 radical (unpaired) electrons. The van der Waals surface area contributed by atoms with Gasteiger partial charge in [0.05, 0.1) is 24.2 Å². The lowest BCUT2D eigenvalue weighted by atomic mass is 9.55. The molecular formula is C25H37N3O3. The molecule has 6 nitrogen and oxygen atoms in total. The third kappa shape index (κ3) is 2.48. The van der Waals surface area contributed by atoms with Crippen molar-refractivity contribution in [3.63, 3.8) is 0 Å². The Labute approximate surface area is 186 Å². The van der Waals surface area contributed by atoms with Gasteiger partial charge in [-0.2, -0.15) is 0 Å². The Morgan fingerprint density at radius 1 is 1.32 bits per heavy atom. The molecule has 170 valence electrons. The van der Waals surface area contributed by atoms with E-state index in [4.69, 9.17) is 15.2 Å². The van der Waals surface area contributed by atoms with Gasteiger partial charge in [0.15, 0.2) is 0 Å². The van der Waals surface area contributed by atoms with Gasteiger partial charge >= 0.3 is 0 Å². The molecule has 6 heteroatoms. The van der Waals surface area contributed by atoms with Crippen LogP contribution in [0, 0.1) is 12.8 Å². The van der Waals surface area contributed by atoms with Gasteiger partial charge in [0.25, 0.3) is 0 Å². The summed E-state index contributed by atoms with van der Waals surface area (Å²) in [6.45, 7) is 10.3. The maximum atomic E-state index is 12.0. The first-order valence-electron chi connectivity index (χ1n) is 11.6. The van der Waals surface area contributed by atoms with E-state index < -0.39 is 11.8 Å². The number of ether oxygens (including phenoxy) is 2. The van der Waals surface area contributed by atoms with Gasteiger partial charge in [-0.15, -0.1) is 0 Å². The summed E-state index contributed by atoms with van der Waals surface area (Å²) in [5.41, 5.74) is 9.14. The van der Waals surface area contributed by atoms with Gasteiger partial charge in [-0.1, -0.05) is 19.1 Å². The van der Waals surface area contributed by atoms with E-state index in [9.17, 15) is 5.11 Å². The van der Waals surface area contributed by atoms with E-state index in [-0.39, 0.29) is 29.1 Å². The third-order valence-corrected chi connectivity index (χ3v) is 8.83. The summed E-state index contributed by atoms with van der Waals surface area (Å²) in [4.78, 5) is 4.66. The fourth-order valence-corrected chi connectivity index (χ4v) is 6.94. The molecule has 0 aromatic heterocycles. The van der Waals surface area contributed by atoms with E-state index in [1.807, 2.05) is 7.05 Å². The monoisotopic (exact) mass is 427 g/mol. The highest BCUT2D eigenvalue weighted by Crippen LogP contribution is 2.64. The van der Waals surface area contributed by atoms with Crippen LogP contribution >= 0.6 is 0 Å². The molecule has 4 aliphatic rings. The van der Waals surface area contributed by atoms with Crippen LogP contribution in [-0.2, 0) is 10.2 Å². The summed E-state index contributed by atoms with van der Waals surface area (Å²) in [6, 6.07) is 4.54. The minimum atomic E-state index is -0.955. The molecule has 3 heterocycles. The van der Waals surface area contributed by atoms with Crippen LogP contribution in [0.4, 0.5) is 5.69 Å². The number of fused-ring (bicyclic) bond motifs is 1. The largest absolute Gasteiger partial charge is 0.496 e. The summed E-state index contributed by atoms with van der Waals surface area (Å²) < 4.78 is 12.3. The summed E-state index contributed by atoms with van der Waals surface area (Å²) in [5, 5.41) is 12.0. The minimum absolute atomic E-state index is 0.0931. The SMILES string of the molecule is CCC(C)(C)OC1C2C=CCN3CCC4(c5cc(C)c(OC)cc5N(C)C4(N)C1O)C23. The lowest BCUT2D eigenvalue weighted by molar-refractivity contribution is -0.194. The maximum Gasteiger partial charge on any atom is 0.129 e. The molecule has 6 atom stereocenters. The number of methoxy groups -OCH3 is 1. The van der Waals surface area contributed by atoms with Gasteiger partial charge < -0.3 is 25.2 Å². The number of hydrogen-bond donors (Lipinski definition) is 2. The second-order valence-electron chi connectivity index (χ2n) is 10.5. The first-order valence-corrected chi connectivity index (χ1v) is 11.6. The lowest BCUT2D eigenvalue weighted by Crippen LogP contribution is -2.81. The second kappa shape index (κ2) is 6.70. The molecule has 1 saturated carbocycles. The number of aliphatic hydroxyl groups is 1. The van der Waals surface area contributed by atoms with Gasteiger partial charge in [0, 0.05) is 37.3 Å². The average molecular weight is 428 g/mol. The highest BCUT2D eigenvalue weighted by Gasteiger charge is 2.75. The van der Waals surface area contributed by atoms with Crippen molar-refractivity contribution in [3.05, 3.63) is 35.4 Å². The molecule has 5 rings (SSSR count). The summed E-state index contributed by atoms with van der Waals surface area (Å²) >= 11 is 0. The molecule has 1 spiro atoms. The topological polar surface area (TPSA) is 71.2 Å². The molecule has 1 aromatic rings. The quantitative estimate of drug-likeness (QED) is 0.720. The van der Waals surface area contributed by atoms with E-state index in [1.54, 1.807) is 7.11 Å². The predicted molar refractivity (Wildman–Crippen MR) is 123 cm³/mol. The van der Waals surface area contributed by atoms with E-state index in [1.165, 1.54) is 5.56 Å². The van der Waals surface area contributed by atoms with Crippen molar-refractivity contribution in [1.29, 1.82) is 0 Å². The number of rotatable bonds is 4. The Morgan fingerprint density at radius 2 is 2.06 bits per heavy atom. The van der Waals surface area contributed by atoms with Crippen molar-refractivity contribution in [2.45, 2.75) is 75.5 Å². The Bertz CT molecular complexity index is 931. The Kier molecular flexibility index (Phi) is 4.60. The van der Waals surface area contributed by atoms with Gasteiger partial charge in [0.2, 0.25) is 0 Å². The number of hydrogen-bond acceptors (Lipinski definition) is 6. The molecule has 31 heavy (non-hydrogen) atoms. The molecule has 1 aromatic carbocycles. The summed E-state index contributed by atoms with van der Waals surface area (Å²) in [5.74, 6) is 0.948. The fraction of sp³-hybridized carbons (Fsp3) is 0.680. The van der Waals surface area contributed by atoms with Crippen molar-refractivity contribution in [1.82, 2.24) is 4.90 Å². The molecule has 3 aliphatic heterocycles. The number of benzene rings is 1. The number of aryl methyl sites for hydroxylation is 1. The number of nitrogens with two attached hydrogens (primary N) is 1. The van der Waals surface area contributed by atoms with Crippen LogP contribution in [0.2, 0.25) is 0 Å². The van der Waals surface area contributed by atoms with Crippen LogP contribution in [0.5, 0.6) is 5.75 Å². The highest BCUT2D eigenvalue weighted by atomic mass is 16.5. The number of likely N-dealkylation sites (N-methyl/N-ethyl adjacent to an activating group) is 1. The van der Waals surface area contributed by atoms with Crippen LogP contribution in [0.3, 0.4) is 0 Å². The smallest absolute Gasteiger partial charge is 0.129 e. The summed E-state index contributed by atoms with van der Waals surface area (Å²) in [6.07, 6.45) is 5.12. The zero-order chi connectivity index (χ0) is 22.3. The third-order valence-electron chi connectivity index (χ3n) is 8.83. The van der Waals surface area contributed by atoms with Crippen LogP contribution < -0.4 is 15.4 Å². The standard InChI is InChI=1S/C25H37N3O3/c1-7-23(3,4)31-20-16-9-8-11-28-12-10-24(21(16)28)17-13-15(2)19(30-6)14-18(17)27(5)25(24,26)22(20)29/h8-9,13-14,16,20-22,29H,7,10-12,26H2,1-6H3. The van der Waals surface area contributed by atoms with Crippen molar-refractivity contribution in [2.75, 3.05) is 32.1 Å². The highest BCUT2D eigenvalue weighted by molar-refractivity contribution is 5.72. The Hall–Kier alpha value is -1.60. The number of aliphatic hydroxyl groups excluding tert-OH is 1. The first-order chi connectivity index (χ1) is 14.6. The van der Waals surface area contributed by atoms with E-state index in [2.05, 4.69) is 61.8 Å². The van der Waals surface area contributed by atoms with Crippen LogP contribution in [0.15, 0.2) is 24.3 Å². The Morgan fingerprint density at radius 3 is 2.74 bits per heavy atom. The molecule has 6 unspecified atom stereocenters. The first kappa shape index (κ1) is 21.3. The summed E-state index contributed by atoms with van der Waals surface area (Å²) in [7, 11) is 3.73. The van der Waals surface area contributed by atoms with Gasteiger partial charge in [-0.3, -0.25) is 4.90 Å². The average Bonchev–Trinajstić information content (AvgIpc) is 3.23. The van der Waals surface area contributed by atoms with E-state index in [0.29, 0.717) is 0 Å². The van der Waals surface area contributed by atoms with Crippen molar-refractivity contribution >= 4 is 5.69 Å². The zero-order valence-corrected chi connectivity index (χ0v) is 19.7. The molecule has 2 fully saturated rings. The molecule has 1 aliphatic carbocycles. The number of nitrogens with zero attached hydrogens (tertiary/aromatic N) is 2. The molecular weight excluding hydrogens is 390 g/mol. The molecule has 1 saturated heterocycles. The van der Waals surface area contributed by atoms with Crippen molar-refractivity contribution in [3.8, 4) is 5.75 Å². The van der Waals surface area contributed by atoms with Gasteiger partial charge in [0.1, 0.15) is 17.5 Å². The zero-order valence-electron chi connectivity index (χ0n) is 19.7. The normalized spacial score (nSPS) is 38.8. The van der Waals surface area contributed by atoms with Crippen LogP contribution in [-0.4, -0.2) is 66.8 Å². The van der Waals surface area contributed by atoms with Crippen LogP contribution in [0.25, 0.3) is 0 Å². The minimum Gasteiger partial charge on any atom is -0.496 e. The Balaban J connectivity index is 1.73. The predicted octanol–water partition coefficient (Wildman–Crippen LogP) is 2.55. The molecule has 0 bridgehead atoms. The number of anilines is 1. The second-order valence-corrected chi connectivity index (χ2v) is 10.5. The maximum absolute atomic E-state index is 12.0. The van der Waals surface area contributed by atoms with E-state index >= 15 is 0 Å². The van der Waals surface area contributed by atoms with Gasteiger partial charge in [-0.05, 0) is 57.4 Å². The lowest BCUT2D eigenvalue weighted by Gasteiger charge is -2.61.